The molecule has 0 saturated heterocycles. The van der Waals surface area contributed by atoms with Gasteiger partial charge in [0.1, 0.15) is 4.88 Å². The Kier molecular flexibility index (Phi) is 5.70. The van der Waals surface area contributed by atoms with Crippen LogP contribution in [0.3, 0.4) is 0 Å². The van der Waals surface area contributed by atoms with Crippen LogP contribution < -0.4 is 5.32 Å². The molecule has 2 rings (SSSR count). The third-order valence-corrected chi connectivity index (χ3v) is 4.96. The minimum absolute atomic E-state index is 0.264. The maximum Gasteiger partial charge on any atom is 0.350 e. The zero-order valence-corrected chi connectivity index (χ0v) is 13.9. The van der Waals surface area contributed by atoms with Crippen LogP contribution in [0.1, 0.15) is 48.0 Å². The number of nitrogens with zero attached hydrogens (tertiary/aromatic N) is 1. The van der Waals surface area contributed by atoms with Crippen molar-refractivity contribution in [1.82, 2.24) is 4.98 Å². The van der Waals surface area contributed by atoms with Gasteiger partial charge >= 0.3 is 11.9 Å². The molecule has 23 heavy (non-hydrogen) atoms. The first-order valence-electron chi connectivity index (χ1n) is 7.62. The number of carbonyl (C=O) groups excluding carboxylic acids is 2. The maximum atomic E-state index is 12.4. The summed E-state index contributed by atoms with van der Waals surface area (Å²) in [6.07, 6.45) is 2.73. The zero-order valence-electron chi connectivity index (χ0n) is 13.1. The molecule has 126 valence electrons. The summed E-state index contributed by atoms with van der Waals surface area (Å²) in [5, 5.41) is 12.2. The average Bonchev–Trinajstić information content (AvgIpc) is 2.88. The number of hydrogen-bond donors (Lipinski definition) is 2. The van der Waals surface area contributed by atoms with Gasteiger partial charge in [-0.3, -0.25) is 9.59 Å². The van der Waals surface area contributed by atoms with Crippen LogP contribution in [0.2, 0.25) is 0 Å². The summed E-state index contributed by atoms with van der Waals surface area (Å²) in [5.41, 5.74) is 0.488. The third-order valence-electron chi connectivity index (χ3n) is 3.91. The Balaban J connectivity index is 2.09. The Hall–Kier alpha value is -1.96. The summed E-state index contributed by atoms with van der Waals surface area (Å²) >= 11 is 1.04. The molecule has 2 atom stereocenters. The predicted molar refractivity (Wildman–Crippen MR) is 84.5 cm³/mol. The lowest BCUT2D eigenvalue weighted by atomic mass is 9.79. The van der Waals surface area contributed by atoms with Gasteiger partial charge in [0.05, 0.1) is 24.1 Å². The van der Waals surface area contributed by atoms with E-state index in [1.54, 1.807) is 13.8 Å². The van der Waals surface area contributed by atoms with E-state index in [2.05, 4.69) is 10.3 Å². The average molecular weight is 340 g/mol. The second-order valence-corrected chi connectivity index (χ2v) is 6.48. The number of esters is 1. The Morgan fingerprint density at radius 3 is 2.57 bits per heavy atom. The van der Waals surface area contributed by atoms with Crippen molar-refractivity contribution in [1.29, 1.82) is 0 Å². The molecule has 1 fully saturated rings. The number of aryl methyl sites for hydroxylation is 1. The number of carbonyl (C=O) groups is 3. The summed E-state index contributed by atoms with van der Waals surface area (Å²) in [6, 6.07) is 0. The molecule has 0 aliphatic heterocycles. The number of thiazole rings is 1. The highest BCUT2D eigenvalue weighted by atomic mass is 32.1. The normalized spacial score (nSPS) is 20.8. The van der Waals surface area contributed by atoms with E-state index in [0.717, 1.165) is 24.2 Å². The quantitative estimate of drug-likeness (QED) is 0.798. The fraction of sp³-hybridized carbons (Fsp3) is 0.600. The molecule has 0 bridgehead atoms. The standard InChI is InChI=1S/C15H20N2O5S/c1-3-22-14(21)11-8(2)16-15(23-11)17-12(18)9-6-4-5-7-10(9)13(19)20/h9-10H,3-7H2,1-2H3,(H,19,20)(H,16,17,18)/t9-,10+/m1/s1. The van der Waals surface area contributed by atoms with Gasteiger partial charge in [-0.15, -0.1) is 0 Å². The smallest absolute Gasteiger partial charge is 0.350 e. The molecule has 7 nitrogen and oxygen atoms in total. The van der Waals surface area contributed by atoms with Crippen LogP contribution in [0.25, 0.3) is 0 Å². The number of carboxylic acids is 1. The van der Waals surface area contributed by atoms with Crippen molar-refractivity contribution in [2.45, 2.75) is 39.5 Å². The molecule has 0 aromatic carbocycles. The van der Waals surface area contributed by atoms with E-state index in [0.29, 0.717) is 28.5 Å². The summed E-state index contributed by atoms with van der Waals surface area (Å²) in [4.78, 5) is 39.9. The highest BCUT2D eigenvalue weighted by Gasteiger charge is 2.36. The summed E-state index contributed by atoms with van der Waals surface area (Å²) < 4.78 is 4.93. The molecule has 1 aromatic rings. The van der Waals surface area contributed by atoms with Gasteiger partial charge in [-0.05, 0) is 26.7 Å². The second-order valence-electron chi connectivity index (χ2n) is 5.48. The minimum atomic E-state index is -0.938. The molecular formula is C15H20N2O5S. The van der Waals surface area contributed by atoms with Crippen LogP contribution in [0.5, 0.6) is 0 Å². The molecule has 1 saturated carbocycles. The van der Waals surface area contributed by atoms with Crippen molar-refractivity contribution in [3.8, 4) is 0 Å². The maximum absolute atomic E-state index is 12.4. The molecule has 8 heteroatoms. The van der Waals surface area contributed by atoms with Gasteiger partial charge in [-0.25, -0.2) is 9.78 Å². The Labute approximate surface area is 138 Å². The van der Waals surface area contributed by atoms with Gasteiger partial charge in [-0.2, -0.15) is 0 Å². The van der Waals surface area contributed by atoms with Crippen molar-refractivity contribution >= 4 is 34.3 Å². The number of nitrogens with one attached hydrogen (secondary N) is 1. The Bertz CT molecular complexity index is 613. The van der Waals surface area contributed by atoms with Crippen molar-refractivity contribution in [2.24, 2.45) is 11.8 Å². The molecule has 1 amide bonds. The van der Waals surface area contributed by atoms with Crippen LogP contribution in [0.15, 0.2) is 0 Å². The van der Waals surface area contributed by atoms with Crippen LogP contribution in [-0.2, 0) is 14.3 Å². The van der Waals surface area contributed by atoms with Crippen molar-refractivity contribution < 1.29 is 24.2 Å². The van der Waals surface area contributed by atoms with Crippen LogP contribution >= 0.6 is 11.3 Å². The molecule has 0 unspecified atom stereocenters. The Morgan fingerprint density at radius 2 is 1.96 bits per heavy atom. The molecular weight excluding hydrogens is 320 g/mol. The first-order chi connectivity index (χ1) is 10.9. The van der Waals surface area contributed by atoms with E-state index in [9.17, 15) is 19.5 Å². The summed E-state index contributed by atoms with van der Waals surface area (Å²) in [5.74, 6) is -2.97. The largest absolute Gasteiger partial charge is 0.481 e. The van der Waals surface area contributed by atoms with E-state index in [1.165, 1.54) is 0 Å². The Morgan fingerprint density at radius 1 is 1.30 bits per heavy atom. The molecule has 1 heterocycles. The first-order valence-corrected chi connectivity index (χ1v) is 8.44. The lowest BCUT2D eigenvalue weighted by Gasteiger charge is -2.26. The van der Waals surface area contributed by atoms with Crippen LogP contribution in [-0.4, -0.2) is 34.5 Å². The van der Waals surface area contributed by atoms with E-state index >= 15 is 0 Å². The van der Waals surface area contributed by atoms with Gasteiger partial charge in [0, 0.05) is 0 Å². The number of ether oxygens (including phenoxy) is 1. The van der Waals surface area contributed by atoms with Gasteiger partial charge in [0.25, 0.3) is 0 Å². The number of anilines is 1. The monoisotopic (exact) mass is 340 g/mol. The number of amides is 1. The number of aromatic nitrogens is 1. The number of hydrogen-bond acceptors (Lipinski definition) is 6. The number of aliphatic carboxylic acids is 1. The summed E-state index contributed by atoms with van der Waals surface area (Å²) in [6.45, 7) is 3.64. The lowest BCUT2D eigenvalue weighted by Crippen LogP contribution is -2.36. The van der Waals surface area contributed by atoms with Gasteiger partial charge < -0.3 is 15.2 Å². The topological polar surface area (TPSA) is 106 Å². The summed E-state index contributed by atoms with van der Waals surface area (Å²) in [7, 11) is 0. The first kappa shape index (κ1) is 17.4. The predicted octanol–water partition coefficient (Wildman–Crippen LogP) is 2.46. The number of rotatable bonds is 5. The van der Waals surface area contributed by atoms with E-state index in [1.807, 2.05) is 0 Å². The zero-order chi connectivity index (χ0) is 17.0. The van der Waals surface area contributed by atoms with Crippen LogP contribution in [0, 0.1) is 18.8 Å². The van der Waals surface area contributed by atoms with Crippen molar-refractivity contribution in [3.63, 3.8) is 0 Å². The third kappa shape index (κ3) is 4.07. The number of carboxylic acid groups (broad SMARTS) is 1. The fourth-order valence-electron chi connectivity index (χ4n) is 2.77. The second kappa shape index (κ2) is 7.54. The van der Waals surface area contributed by atoms with Gasteiger partial charge in [-0.1, -0.05) is 24.2 Å². The highest BCUT2D eigenvalue weighted by Crippen LogP contribution is 2.32. The van der Waals surface area contributed by atoms with Crippen LogP contribution in [0.4, 0.5) is 5.13 Å². The van der Waals surface area contributed by atoms with Gasteiger partial charge in [0.15, 0.2) is 5.13 Å². The van der Waals surface area contributed by atoms with E-state index < -0.39 is 23.8 Å². The van der Waals surface area contributed by atoms with Crippen molar-refractivity contribution in [3.05, 3.63) is 10.6 Å². The van der Waals surface area contributed by atoms with Gasteiger partial charge in [0.2, 0.25) is 5.91 Å². The van der Waals surface area contributed by atoms with E-state index in [4.69, 9.17) is 4.74 Å². The highest BCUT2D eigenvalue weighted by molar-refractivity contribution is 7.17. The fourth-order valence-corrected chi connectivity index (χ4v) is 3.64. The molecule has 1 aliphatic carbocycles. The molecule has 0 spiro atoms. The minimum Gasteiger partial charge on any atom is -0.481 e. The SMILES string of the molecule is CCOC(=O)c1sc(NC(=O)[C@@H]2CCCC[C@@H]2C(=O)O)nc1C. The van der Waals surface area contributed by atoms with Crippen molar-refractivity contribution in [2.75, 3.05) is 11.9 Å². The lowest BCUT2D eigenvalue weighted by molar-refractivity contribution is -0.147. The molecule has 1 aromatic heterocycles. The molecule has 1 aliphatic rings. The molecule has 0 radical (unpaired) electrons. The van der Waals surface area contributed by atoms with E-state index in [-0.39, 0.29) is 12.5 Å². The molecule has 2 N–H and O–H groups in total.